The molecule has 0 heterocycles. The van der Waals surface area contributed by atoms with Gasteiger partial charge in [0.25, 0.3) is 5.91 Å². The third kappa shape index (κ3) is 10.1. The number of nitrogens with one attached hydrogen (secondary N) is 1. The Bertz CT molecular complexity index is 1820. The highest BCUT2D eigenvalue weighted by molar-refractivity contribution is 6.11. The number of rotatable bonds is 16. The summed E-state index contributed by atoms with van der Waals surface area (Å²) in [5.74, 6) is -2.00. The van der Waals surface area contributed by atoms with E-state index in [0.717, 1.165) is 37.8 Å². The largest absolute Gasteiger partial charge is 0.463 e. The van der Waals surface area contributed by atoms with Crippen molar-refractivity contribution in [1.82, 2.24) is 9.80 Å². The number of nitrogens with zero attached hydrogens (tertiary/aromatic N) is 2. The van der Waals surface area contributed by atoms with E-state index in [1.807, 2.05) is 13.8 Å². The fourth-order valence-corrected chi connectivity index (χ4v) is 6.00. The summed E-state index contributed by atoms with van der Waals surface area (Å²) in [5, 5.41) is 2.80. The van der Waals surface area contributed by atoms with Gasteiger partial charge in [0.05, 0.1) is 12.0 Å². The van der Waals surface area contributed by atoms with Crippen molar-refractivity contribution < 1.29 is 37.1 Å². The van der Waals surface area contributed by atoms with Crippen LogP contribution in [0.15, 0.2) is 103 Å². The molecule has 0 aliphatic carbocycles. The summed E-state index contributed by atoms with van der Waals surface area (Å²) >= 11 is 0. The molecular formula is C42H46F3N3O5. The lowest BCUT2D eigenvalue weighted by atomic mass is 9.78. The second-order valence-corrected chi connectivity index (χ2v) is 13.0. The van der Waals surface area contributed by atoms with Gasteiger partial charge in [-0.2, -0.15) is 13.2 Å². The first-order chi connectivity index (χ1) is 25.3. The summed E-state index contributed by atoms with van der Waals surface area (Å²) in [6, 6.07) is 26.5. The molecule has 4 aromatic carbocycles. The predicted molar refractivity (Wildman–Crippen MR) is 199 cm³/mol. The molecule has 4 rings (SSSR count). The fraction of sp³-hybridized carbons (Fsp3) is 0.333. The molecule has 0 spiro atoms. The van der Waals surface area contributed by atoms with Crippen LogP contribution in [0.2, 0.25) is 0 Å². The number of hydrogen-bond donors (Lipinski definition) is 1. The minimum absolute atomic E-state index is 0.157. The van der Waals surface area contributed by atoms with Crippen LogP contribution in [-0.4, -0.2) is 67.3 Å². The maximum absolute atomic E-state index is 14.3. The maximum atomic E-state index is 14.3. The lowest BCUT2D eigenvalue weighted by Gasteiger charge is -2.37. The van der Waals surface area contributed by atoms with Crippen LogP contribution in [0.3, 0.4) is 0 Å². The summed E-state index contributed by atoms with van der Waals surface area (Å²) in [4.78, 5) is 58.2. The number of amides is 3. The lowest BCUT2D eigenvalue weighted by molar-refractivity contribution is -0.157. The van der Waals surface area contributed by atoms with Gasteiger partial charge in [0.1, 0.15) is 6.61 Å². The second-order valence-electron chi connectivity index (χ2n) is 13.0. The van der Waals surface area contributed by atoms with Crippen LogP contribution < -0.4 is 5.32 Å². The van der Waals surface area contributed by atoms with E-state index < -0.39 is 47.5 Å². The summed E-state index contributed by atoms with van der Waals surface area (Å²) in [5.41, 5.74) is 0.0651. The van der Waals surface area contributed by atoms with Crippen LogP contribution in [0.4, 0.5) is 18.9 Å². The third-order valence-corrected chi connectivity index (χ3v) is 9.09. The first-order valence-electron chi connectivity index (χ1n) is 17.7. The van der Waals surface area contributed by atoms with E-state index in [4.69, 9.17) is 4.74 Å². The van der Waals surface area contributed by atoms with E-state index in [1.54, 1.807) is 93.0 Å². The van der Waals surface area contributed by atoms with E-state index in [2.05, 4.69) is 5.32 Å². The number of likely N-dealkylation sites (N-methyl/N-ethyl adjacent to an activating group) is 2. The Hall–Kier alpha value is -5.45. The zero-order chi connectivity index (χ0) is 38.6. The molecule has 280 valence electrons. The molecule has 0 fully saturated rings. The molecule has 0 saturated carbocycles. The highest BCUT2D eigenvalue weighted by Crippen LogP contribution is 2.33. The van der Waals surface area contributed by atoms with Crippen LogP contribution in [0.25, 0.3) is 11.1 Å². The number of halogens is 3. The van der Waals surface area contributed by atoms with Crippen molar-refractivity contribution >= 4 is 29.4 Å². The van der Waals surface area contributed by atoms with Gasteiger partial charge in [-0.1, -0.05) is 99.5 Å². The van der Waals surface area contributed by atoms with Crippen molar-refractivity contribution in [1.29, 1.82) is 0 Å². The molecule has 0 unspecified atom stereocenters. The summed E-state index contributed by atoms with van der Waals surface area (Å²) in [6.45, 7) is 4.43. The van der Waals surface area contributed by atoms with Crippen molar-refractivity contribution in [3.8, 4) is 11.1 Å². The van der Waals surface area contributed by atoms with Crippen LogP contribution >= 0.6 is 0 Å². The standard InChI is InChI=1S/C42H46F3N3O5/c1-5-7-26-47(3)39(51)41(32-14-10-9-11-15-32,40(52)48(4)27-8-6-2)29-53-37(49)28-30-18-24-34(25-19-30)46-38(50)36-17-13-12-16-35(36)31-20-22-33(23-21-31)42(43,44)45/h9-25H,5-8,26-29H2,1-4H3,(H,46,50). The molecule has 3 amide bonds. The summed E-state index contributed by atoms with van der Waals surface area (Å²) < 4.78 is 45.0. The van der Waals surface area contributed by atoms with Crippen molar-refractivity contribution in [3.05, 3.63) is 125 Å². The number of carbonyl (C=O) groups excluding carboxylic acids is 4. The molecule has 0 aromatic heterocycles. The van der Waals surface area contributed by atoms with E-state index in [1.165, 1.54) is 21.9 Å². The van der Waals surface area contributed by atoms with Crippen molar-refractivity contribution in [2.75, 3.05) is 39.1 Å². The van der Waals surface area contributed by atoms with Gasteiger partial charge in [0.2, 0.25) is 11.8 Å². The minimum atomic E-state index is -4.47. The number of hydrogen-bond acceptors (Lipinski definition) is 5. The van der Waals surface area contributed by atoms with Gasteiger partial charge < -0.3 is 19.9 Å². The van der Waals surface area contributed by atoms with Gasteiger partial charge in [0, 0.05) is 38.4 Å². The van der Waals surface area contributed by atoms with E-state index >= 15 is 0 Å². The number of alkyl halides is 3. The van der Waals surface area contributed by atoms with Crippen molar-refractivity contribution in [3.63, 3.8) is 0 Å². The van der Waals surface area contributed by atoms with Gasteiger partial charge in [0.15, 0.2) is 5.41 Å². The highest BCUT2D eigenvalue weighted by Gasteiger charge is 2.51. The third-order valence-electron chi connectivity index (χ3n) is 9.09. The fourth-order valence-electron chi connectivity index (χ4n) is 6.00. The summed E-state index contributed by atoms with van der Waals surface area (Å²) in [6.07, 6.45) is -1.43. The molecule has 53 heavy (non-hydrogen) atoms. The Morgan fingerprint density at radius 3 is 1.77 bits per heavy atom. The second kappa shape index (κ2) is 18.3. The number of benzene rings is 4. The number of unbranched alkanes of at least 4 members (excludes halogenated alkanes) is 2. The molecule has 0 atom stereocenters. The first-order valence-corrected chi connectivity index (χ1v) is 17.7. The number of anilines is 1. The topological polar surface area (TPSA) is 96.0 Å². The average molecular weight is 730 g/mol. The van der Waals surface area contributed by atoms with Crippen LogP contribution in [0.1, 0.15) is 66.6 Å². The van der Waals surface area contributed by atoms with Gasteiger partial charge in [-0.25, -0.2) is 0 Å². The lowest BCUT2D eigenvalue weighted by Crippen LogP contribution is -2.58. The molecule has 0 bridgehead atoms. The van der Waals surface area contributed by atoms with Crippen molar-refractivity contribution in [2.24, 2.45) is 0 Å². The highest BCUT2D eigenvalue weighted by atomic mass is 19.4. The van der Waals surface area contributed by atoms with E-state index in [-0.39, 0.29) is 12.0 Å². The van der Waals surface area contributed by atoms with Crippen molar-refractivity contribution in [2.45, 2.75) is 57.5 Å². The molecule has 8 nitrogen and oxygen atoms in total. The monoisotopic (exact) mass is 729 g/mol. The van der Waals surface area contributed by atoms with Gasteiger partial charge in [-0.15, -0.1) is 0 Å². The number of carbonyl (C=O) groups is 4. The maximum Gasteiger partial charge on any atom is 0.416 e. The summed E-state index contributed by atoms with van der Waals surface area (Å²) in [7, 11) is 3.31. The van der Waals surface area contributed by atoms with Gasteiger partial charge in [-0.3, -0.25) is 19.2 Å². The first kappa shape index (κ1) is 40.3. The predicted octanol–water partition coefficient (Wildman–Crippen LogP) is 8.17. The van der Waals surface area contributed by atoms with Gasteiger partial charge in [-0.05, 0) is 65.4 Å². The van der Waals surface area contributed by atoms with Crippen LogP contribution in [0, 0.1) is 0 Å². The quantitative estimate of drug-likeness (QED) is 0.0928. The molecule has 0 aliphatic rings. The number of esters is 1. The van der Waals surface area contributed by atoms with Gasteiger partial charge >= 0.3 is 12.1 Å². The minimum Gasteiger partial charge on any atom is -0.463 e. The molecule has 0 saturated heterocycles. The Labute approximate surface area is 308 Å². The molecule has 1 N–H and O–H groups in total. The average Bonchev–Trinajstić information content (AvgIpc) is 3.16. The SMILES string of the molecule is CCCCN(C)C(=O)C(COC(=O)Cc1ccc(NC(=O)c2ccccc2-c2ccc(C(F)(F)F)cc2)cc1)(C(=O)N(C)CCCC)c1ccccc1. The van der Waals surface area contributed by atoms with Crippen LogP contribution in [0.5, 0.6) is 0 Å². The molecular weight excluding hydrogens is 683 g/mol. The molecule has 0 radical (unpaired) electrons. The molecule has 0 aliphatic heterocycles. The zero-order valence-electron chi connectivity index (χ0n) is 30.5. The van der Waals surface area contributed by atoms with Crippen LogP contribution in [-0.2, 0) is 37.1 Å². The van der Waals surface area contributed by atoms with E-state index in [9.17, 15) is 32.3 Å². The molecule has 4 aromatic rings. The Morgan fingerprint density at radius 2 is 1.23 bits per heavy atom. The molecule has 11 heteroatoms. The smallest absolute Gasteiger partial charge is 0.416 e. The van der Waals surface area contributed by atoms with E-state index in [0.29, 0.717) is 41.0 Å². The Morgan fingerprint density at radius 1 is 0.679 bits per heavy atom. The zero-order valence-corrected chi connectivity index (χ0v) is 30.5. The number of ether oxygens (including phenoxy) is 1. The Kier molecular flexibility index (Phi) is 14.0. The normalized spacial score (nSPS) is 11.5. The Balaban J connectivity index is 1.50.